The number of hydrogen-bond acceptors (Lipinski definition) is 2. The number of aryl methyl sites for hydroxylation is 1. The molecule has 1 heterocycles. The van der Waals surface area contributed by atoms with Crippen LogP contribution in [0.25, 0.3) is 0 Å². The van der Waals surface area contributed by atoms with Crippen molar-refractivity contribution in [2.24, 2.45) is 5.92 Å². The van der Waals surface area contributed by atoms with Crippen LogP contribution in [0.1, 0.15) is 24.0 Å². The summed E-state index contributed by atoms with van der Waals surface area (Å²) in [6.45, 7) is 3.57. The molecule has 0 radical (unpaired) electrons. The van der Waals surface area contributed by atoms with Crippen molar-refractivity contribution in [3.63, 3.8) is 0 Å². The zero-order valence-electron chi connectivity index (χ0n) is 12.3. The first kappa shape index (κ1) is 15.4. The second-order valence-corrected chi connectivity index (χ2v) is 5.53. The molecule has 21 heavy (non-hydrogen) atoms. The highest BCUT2D eigenvalue weighted by Gasteiger charge is 2.27. The number of urea groups is 1. The van der Waals surface area contributed by atoms with E-state index in [0.29, 0.717) is 26.1 Å². The monoisotopic (exact) mass is 290 g/mol. The van der Waals surface area contributed by atoms with Gasteiger partial charge in [-0.05, 0) is 37.3 Å². The number of amides is 2. The molecule has 1 atom stereocenters. The number of hydrogen-bond donors (Lipinski definition) is 2. The zero-order chi connectivity index (χ0) is 15.2. The maximum Gasteiger partial charge on any atom is 0.317 e. The maximum atomic E-state index is 12.1. The Kier molecular flexibility index (Phi) is 5.20. The van der Waals surface area contributed by atoms with E-state index in [9.17, 15) is 9.59 Å². The minimum absolute atomic E-state index is 0.158. The number of rotatable bonds is 4. The molecule has 1 fully saturated rings. The molecule has 1 aliphatic rings. The molecule has 1 aromatic carbocycles. The number of piperidine rings is 1. The predicted molar refractivity (Wildman–Crippen MR) is 80.2 cm³/mol. The molecule has 2 rings (SSSR count). The molecule has 1 saturated heterocycles. The fraction of sp³-hybridized carbons (Fsp3) is 0.500. The van der Waals surface area contributed by atoms with Crippen LogP contribution < -0.4 is 5.32 Å². The van der Waals surface area contributed by atoms with E-state index in [1.54, 1.807) is 4.90 Å². The number of likely N-dealkylation sites (tertiary alicyclic amines) is 1. The molecule has 5 nitrogen and oxygen atoms in total. The number of carboxylic acid groups (broad SMARTS) is 1. The summed E-state index contributed by atoms with van der Waals surface area (Å²) in [6.07, 6.45) is 2.19. The lowest BCUT2D eigenvalue weighted by molar-refractivity contribution is -0.143. The number of nitrogens with zero attached hydrogens (tertiary/aromatic N) is 1. The largest absolute Gasteiger partial charge is 0.481 e. The van der Waals surface area contributed by atoms with Gasteiger partial charge in [-0.3, -0.25) is 4.79 Å². The Hall–Kier alpha value is -2.04. The van der Waals surface area contributed by atoms with Crippen LogP contribution in [0.2, 0.25) is 0 Å². The molecule has 1 aromatic rings. The SMILES string of the molecule is Cc1ccccc1CCNC(=O)N1CCC[C@H](C(=O)O)C1. The topological polar surface area (TPSA) is 69.6 Å². The molecule has 2 amide bonds. The third-order valence-electron chi connectivity index (χ3n) is 3.99. The molecule has 2 N–H and O–H groups in total. The molecule has 5 heteroatoms. The summed E-state index contributed by atoms with van der Waals surface area (Å²) in [5.74, 6) is -1.24. The summed E-state index contributed by atoms with van der Waals surface area (Å²) < 4.78 is 0. The number of nitrogens with one attached hydrogen (secondary N) is 1. The Balaban J connectivity index is 1.79. The van der Waals surface area contributed by atoms with Gasteiger partial charge in [-0.25, -0.2) is 4.79 Å². The van der Waals surface area contributed by atoms with Crippen molar-refractivity contribution in [3.05, 3.63) is 35.4 Å². The first-order chi connectivity index (χ1) is 10.1. The fourth-order valence-electron chi connectivity index (χ4n) is 2.67. The quantitative estimate of drug-likeness (QED) is 0.891. The second-order valence-electron chi connectivity index (χ2n) is 5.53. The van der Waals surface area contributed by atoms with Crippen LogP contribution in [0.4, 0.5) is 4.79 Å². The van der Waals surface area contributed by atoms with E-state index in [4.69, 9.17) is 5.11 Å². The number of carboxylic acids is 1. The van der Waals surface area contributed by atoms with Gasteiger partial charge >= 0.3 is 12.0 Å². The first-order valence-electron chi connectivity index (χ1n) is 7.38. The smallest absolute Gasteiger partial charge is 0.317 e. The van der Waals surface area contributed by atoms with Crippen molar-refractivity contribution in [3.8, 4) is 0 Å². The van der Waals surface area contributed by atoms with Gasteiger partial charge in [0.1, 0.15) is 0 Å². The summed E-state index contributed by atoms with van der Waals surface area (Å²) in [5.41, 5.74) is 2.44. The average molecular weight is 290 g/mol. The molecule has 1 aliphatic heterocycles. The van der Waals surface area contributed by atoms with E-state index in [1.165, 1.54) is 11.1 Å². The Morgan fingerprint density at radius 1 is 1.38 bits per heavy atom. The minimum Gasteiger partial charge on any atom is -0.481 e. The molecule has 0 aromatic heterocycles. The average Bonchev–Trinajstić information content (AvgIpc) is 2.49. The van der Waals surface area contributed by atoms with E-state index in [1.807, 2.05) is 12.1 Å². The molecular formula is C16H22N2O3. The van der Waals surface area contributed by atoms with E-state index in [-0.39, 0.29) is 6.03 Å². The molecular weight excluding hydrogens is 268 g/mol. The Bertz CT molecular complexity index is 516. The highest BCUT2D eigenvalue weighted by Crippen LogP contribution is 2.16. The van der Waals surface area contributed by atoms with Gasteiger partial charge < -0.3 is 15.3 Å². The first-order valence-corrected chi connectivity index (χ1v) is 7.38. The van der Waals surface area contributed by atoms with Crippen molar-refractivity contribution in [1.82, 2.24) is 10.2 Å². The lowest BCUT2D eigenvalue weighted by Crippen LogP contribution is -2.47. The summed E-state index contributed by atoms with van der Waals surface area (Å²) in [4.78, 5) is 24.7. The lowest BCUT2D eigenvalue weighted by atomic mass is 9.99. The van der Waals surface area contributed by atoms with E-state index in [0.717, 1.165) is 12.8 Å². The molecule has 0 aliphatic carbocycles. The van der Waals surface area contributed by atoms with Crippen molar-refractivity contribution >= 4 is 12.0 Å². The van der Waals surface area contributed by atoms with Gasteiger partial charge in [-0.15, -0.1) is 0 Å². The number of carbonyl (C=O) groups is 2. The van der Waals surface area contributed by atoms with Crippen molar-refractivity contribution < 1.29 is 14.7 Å². The van der Waals surface area contributed by atoms with Crippen LogP contribution in [0.15, 0.2) is 24.3 Å². The standard InChI is InChI=1S/C16H22N2O3/c1-12-5-2-3-6-13(12)8-9-17-16(21)18-10-4-7-14(11-18)15(19)20/h2-3,5-6,14H,4,7-11H2,1H3,(H,17,21)(H,19,20)/t14-/m0/s1. The van der Waals surface area contributed by atoms with Crippen LogP contribution in [-0.4, -0.2) is 41.6 Å². The number of benzene rings is 1. The predicted octanol–water partition coefficient (Wildman–Crippen LogP) is 2.04. The second kappa shape index (κ2) is 7.11. The van der Waals surface area contributed by atoms with E-state index >= 15 is 0 Å². The minimum atomic E-state index is -0.813. The van der Waals surface area contributed by atoms with Crippen LogP contribution in [-0.2, 0) is 11.2 Å². The zero-order valence-corrected chi connectivity index (χ0v) is 12.3. The molecule has 0 saturated carbocycles. The number of carbonyl (C=O) groups excluding carboxylic acids is 1. The molecule has 0 spiro atoms. The van der Waals surface area contributed by atoms with Gasteiger partial charge in [-0.2, -0.15) is 0 Å². The Morgan fingerprint density at radius 2 is 2.14 bits per heavy atom. The normalized spacial score (nSPS) is 18.3. The fourth-order valence-corrected chi connectivity index (χ4v) is 2.67. The van der Waals surface area contributed by atoms with Crippen LogP contribution >= 0.6 is 0 Å². The van der Waals surface area contributed by atoms with Crippen LogP contribution in [0, 0.1) is 12.8 Å². The molecule has 0 bridgehead atoms. The lowest BCUT2D eigenvalue weighted by Gasteiger charge is -2.30. The van der Waals surface area contributed by atoms with E-state index in [2.05, 4.69) is 24.4 Å². The third-order valence-corrected chi connectivity index (χ3v) is 3.99. The number of aliphatic carboxylic acids is 1. The third kappa shape index (κ3) is 4.21. The summed E-state index contributed by atoms with van der Waals surface area (Å²) in [6, 6.07) is 7.94. The Morgan fingerprint density at radius 3 is 2.86 bits per heavy atom. The Labute approximate surface area is 125 Å². The van der Waals surface area contributed by atoms with Gasteiger partial charge in [0.05, 0.1) is 5.92 Å². The van der Waals surface area contributed by atoms with Gasteiger partial charge in [0, 0.05) is 19.6 Å². The van der Waals surface area contributed by atoms with Crippen LogP contribution in [0.3, 0.4) is 0 Å². The molecule has 114 valence electrons. The van der Waals surface area contributed by atoms with Gasteiger partial charge in [0.2, 0.25) is 0 Å². The summed E-state index contributed by atoms with van der Waals surface area (Å²) >= 11 is 0. The van der Waals surface area contributed by atoms with Gasteiger partial charge in [-0.1, -0.05) is 24.3 Å². The summed E-state index contributed by atoms with van der Waals surface area (Å²) in [5, 5.41) is 11.9. The summed E-state index contributed by atoms with van der Waals surface area (Å²) in [7, 11) is 0. The van der Waals surface area contributed by atoms with E-state index < -0.39 is 11.9 Å². The van der Waals surface area contributed by atoms with Crippen molar-refractivity contribution in [1.29, 1.82) is 0 Å². The van der Waals surface area contributed by atoms with Crippen LogP contribution in [0.5, 0.6) is 0 Å². The molecule has 0 unspecified atom stereocenters. The van der Waals surface area contributed by atoms with Crippen molar-refractivity contribution in [2.75, 3.05) is 19.6 Å². The highest BCUT2D eigenvalue weighted by molar-refractivity contribution is 5.76. The van der Waals surface area contributed by atoms with Gasteiger partial charge in [0.15, 0.2) is 0 Å². The van der Waals surface area contributed by atoms with Gasteiger partial charge in [0.25, 0.3) is 0 Å². The maximum absolute atomic E-state index is 12.1. The van der Waals surface area contributed by atoms with Crippen molar-refractivity contribution in [2.45, 2.75) is 26.2 Å². The highest BCUT2D eigenvalue weighted by atomic mass is 16.4.